The maximum Gasteiger partial charge on any atom is -0.0111 e. The standard InChI is InChI=1S/C42H30/c1-3-11-31(12-4-1)19-21-33-15-7-9-17-41(33)37-25-23-35-28-40-30-38(26-24-36(40)27-39(35)29-37)42-18-10-8-16-34(42)22-20-32-13-5-2-6-14-32/h1-30H. The Morgan fingerprint density at radius 3 is 1.14 bits per heavy atom. The number of rotatable bonds is 6. The predicted octanol–water partition coefficient (Wildman–Crippen LogP) is 11.7. The molecule has 0 aliphatic carbocycles. The first kappa shape index (κ1) is 25.5. The number of hydrogen-bond donors (Lipinski definition) is 0. The molecule has 7 aromatic carbocycles. The van der Waals surface area contributed by atoms with Crippen LogP contribution >= 0.6 is 0 Å². The molecule has 0 N–H and O–H groups in total. The molecule has 42 heavy (non-hydrogen) atoms. The van der Waals surface area contributed by atoms with E-state index in [0.717, 1.165) is 0 Å². The molecule has 0 saturated carbocycles. The molecule has 0 aliphatic rings. The highest BCUT2D eigenvalue weighted by Crippen LogP contribution is 2.33. The molecule has 0 bridgehead atoms. The van der Waals surface area contributed by atoms with E-state index in [0.29, 0.717) is 0 Å². The fourth-order valence-electron chi connectivity index (χ4n) is 5.64. The summed E-state index contributed by atoms with van der Waals surface area (Å²) in [6.07, 6.45) is 8.79. The fraction of sp³-hybridized carbons (Fsp3) is 0. The maximum absolute atomic E-state index is 2.32. The minimum absolute atomic E-state index is 1.20. The Morgan fingerprint density at radius 1 is 0.286 bits per heavy atom. The average Bonchev–Trinajstić information content (AvgIpc) is 3.06. The van der Waals surface area contributed by atoms with Gasteiger partial charge in [0.1, 0.15) is 0 Å². The first-order chi connectivity index (χ1) is 20.8. The minimum atomic E-state index is 1.20. The lowest BCUT2D eigenvalue weighted by molar-refractivity contribution is 1.60. The van der Waals surface area contributed by atoms with E-state index in [4.69, 9.17) is 0 Å². The Bertz CT molecular complexity index is 1910. The monoisotopic (exact) mass is 534 g/mol. The third-order valence-corrected chi connectivity index (χ3v) is 7.85. The summed E-state index contributed by atoms with van der Waals surface area (Å²) in [5.41, 5.74) is 9.76. The summed E-state index contributed by atoms with van der Waals surface area (Å²) in [4.78, 5) is 0. The molecule has 0 saturated heterocycles. The zero-order valence-electron chi connectivity index (χ0n) is 23.3. The van der Waals surface area contributed by atoms with Crippen LogP contribution in [0.2, 0.25) is 0 Å². The van der Waals surface area contributed by atoms with Crippen molar-refractivity contribution >= 4 is 45.8 Å². The van der Waals surface area contributed by atoms with Gasteiger partial charge in [0.05, 0.1) is 0 Å². The molecular weight excluding hydrogens is 504 g/mol. The van der Waals surface area contributed by atoms with Gasteiger partial charge in [-0.2, -0.15) is 0 Å². The summed E-state index contributed by atoms with van der Waals surface area (Å²) in [5.74, 6) is 0. The Balaban J connectivity index is 1.23. The van der Waals surface area contributed by atoms with Crippen molar-refractivity contribution in [2.45, 2.75) is 0 Å². The van der Waals surface area contributed by atoms with Gasteiger partial charge in [-0.3, -0.25) is 0 Å². The van der Waals surface area contributed by atoms with Crippen LogP contribution in [0.15, 0.2) is 158 Å². The molecule has 0 atom stereocenters. The third kappa shape index (κ3) is 5.44. The van der Waals surface area contributed by atoms with Crippen LogP contribution in [-0.4, -0.2) is 0 Å². The SMILES string of the molecule is C(=Cc1ccccc1-c1ccc2cc3cc(-c4ccccc4C=Cc4ccccc4)ccc3cc2c1)c1ccccc1. The van der Waals surface area contributed by atoms with Crippen molar-refractivity contribution in [3.63, 3.8) is 0 Å². The largest absolute Gasteiger partial charge is 0.0622 e. The van der Waals surface area contributed by atoms with E-state index >= 15 is 0 Å². The van der Waals surface area contributed by atoms with Crippen LogP contribution in [0, 0.1) is 0 Å². The van der Waals surface area contributed by atoms with Gasteiger partial charge in [0, 0.05) is 0 Å². The van der Waals surface area contributed by atoms with E-state index in [2.05, 4.69) is 170 Å². The van der Waals surface area contributed by atoms with Crippen LogP contribution in [0.3, 0.4) is 0 Å². The van der Waals surface area contributed by atoms with E-state index in [1.165, 1.54) is 66.1 Å². The highest BCUT2D eigenvalue weighted by Gasteiger charge is 2.08. The van der Waals surface area contributed by atoms with Crippen LogP contribution in [0.1, 0.15) is 22.3 Å². The van der Waals surface area contributed by atoms with Gasteiger partial charge < -0.3 is 0 Å². The molecule has 0 unspecified atom stereocenters. The van der Waals surface area contributed by atoms with Gasteiger partial charge in [-0.25, -0.2) is 0 Å². The Hall–Kier alpha value is -5.46. The lowest BCUT2D eigenvalue weighted by Gasteiger charge is -2.11. The lowest BCUT2D eigenvalue weighted by Crippen LogP contribution is -1.86. The van der Waals surface area contributed by atoms with Crippen molar-refractivity contribution < 1.29 is 0 Å². The van der Waals surface area contributed by atoms with Gasteiger partial charge in [-0.05, 0) is 90.3 Å². The van der Waals surface area contributed by atoms with Gasteiger partial charge in [0.15, 0.2) is 0 Å². The zero-order chi connectivity index (χ0) is 28.1. The molecule has 0 spiro atoms. The molecule has 7 rings (SSSR count). The average molecular weight is 535 g/mol. The van der Waals surface area contributed by atoms with Gasteiger partial charge in [0.2, 0.25) is 0 Å². The second kappa shape index (κ2) is 11.6. The van der Waals surface area contributed by atoms with Crippen molar-refractivity contribution in [2.24, 2.45) is 0 Å². The van der Waals surface area contributed by atoms with Crippen LogP contribution < -0.4 is 0 Å². The Labute approximate surface area is 247 Å². The minimum Gasteiger partial charge on any atom is -0.0622 e. The molecule has 0 amide bonds. The van der Waals surface area contributed by atoms with E-state index in [1.54, 1.807) is 0 Å². The molecule has 0 radical (unpaired) electrons. The van der Waals surface area contributed by atoms with Crippen molar-refractivity contribution in [1.29, 1.82) is 0 Å². The van der Waals surface area contributed by atoms with Crippen LogP contribution in [-0.2, 0) is 0 Å². The maximum atomic E-state index is 2.32. The summed E-state index contributed by atoms with van der Waals surface area (Å²) in [7, 11) is 0. The summed E-state index contributed by atoms with van der Waals surface area (Å²) in [6, 6.07) is 56.5. The van der Waals surface area contributed by atoms with Crippen molar-refractivity contribution in [1.82, 2.24) is 0 Å². The van der Waals surface area contributed by atoms with Gasteiger partial charge >= 0.3 is 0 Å². The summed E-state index contributed by atoms with van der Waals surface area (Å²) in [6.45, 7) is 0. The smallest absolute Gasteiger partial charge is 0.0111 e. The Morgan fingerprint density at radius 2 is 0.690 bits per heavy atom. The third-order valence-electron chi connectivity index (χ3n) is 7.85. The quantitative estimate of drug-likeness (QED) is 0.147. The van der Waals surface area contributed by atoms with E-state index in [9.17, 15) is 0 Å². The van der Waals surface area contributed by atoms with Crippen molar-refractivity contribution in [3.05, 3.63) is 180 Å². The molecule has 0 fully saturated rings. The second-order valence-electron chi connectivity index (χ2n) is 10.6. The van der Waals surface area contributed by atoms with Gasteiger partial charge in [-0.1, -0.05) is 158 Å². The first-order valence-corrected chi connectivity index (χ1v) is 14.4. The molecule has 7 aromatic rings. The van der Waals surface area contributed by atoms with Crippen molar-refractivity contribution in [3.8, 4) is 22.3 Å². The first-order valence-electron chi connectivity index (χ1n) is 14.4. The Kier molecular flexibility index (Phi) is 7.02. The van der Waals surface area contributed by atoms with Gasteiger partial charge in [-0.15, -0.1) is 0 Å². The topological polar surface area (TPSA) is 0 Å². The number of hydrogen-bond acceptors (Lipinski definition) is 0. The summed E-state index contributed by atoms with van der Waals surface area (Å²) in [5, 5.41) is 5.00. The molecule has 198 valence electrons. The van der Waals surface area contributed by atoms with Gasteiger partial charge in [0.25, 0.3) is 0 Å². The molecule has 0 aromatic heterocycles. The summed E-state index contributed by atoms with van der Waals surface area (Å²) >= 11 is 0. The molecule has 0 aliphatic heterocycles. The van der Waals surface area contributed by atoms with E-state index < -0.39 is 0 Å². The van der Waals surface area contributed by atoms with Crippen LogP contribution in [0.4, 0.5) is 0 Å². The highest BCUT2D eigenvalue weighted by molar-refractivity contribution is 6.01. The summed E-state index contributed by atoms with van der Waals surface area (Å²) < 4.78 is 0. The van der Waals surface area contributed by atoms with Crippen molar-refractivity contribution in [2.75, 3.05) is 0 Å². The van der Waals surface area contributed by atoms with E-state index in [-0.39, 0.29) is 0 Å². The molecule has 0 heteroatoms. The molecule has 0 nitrogen and oxygen atoms in total. The number of fused-ring (bicyclic) bond motifs is 2. The highest BCUT2D eigenvalue weighted by atomic mass is 14.1. The fourth-order valence-corrected chi connectivity index (χ4v) is 5.64. The predicted molar refractivity (Wildman–Crippen MR) is 183 cm³/mol. The number of benzene rings is 7. The second-order valence-corrected chi connectivity index (χ2v) is 10.6. The van der Waals surface area contributed by atoms with Crippen LogP contribution in [0.5, 0.6) is 0 Å². The van der Waals surface area contributed by atoms with Crippen LogP contribution in [0.25, 0.3) is 68.1 Å². The molecule has 0 heterocycles. The normalized spacial score (nSPS) is 11.6. The molecular formula is C42H30. The lowest BCUT2D eigenvalue weighted by atomic mass is 9.93. The zero-order valence-corrected chi connectivity index (χ0v) is 23.3. The van der Waals surface area contributed by atoms with E-state index in [1.807, 2.05) is 12.1 Å².